The number of esters is 1. The minimum Gasteiger partial charge on any atom is -0.494 e. The number of hydrogen-bond donors (Lipinski definition) is 3. The molecule has 3 rings (SSSR count). The van der Waals surface area contributed by atoms with Gasteiger partial charge in [-0.2, -0.15) is 0 Å². The van der Waals surface area contributed by atoms with Gasteiger partial charge < -0.3 is 25.2 Å². The van der Waals surface area contributed by atoms with Crippen LogP contribution in [-0.4, -0.2) is 54.4 Å². The van der Waals surface area contributed by atoms with Gasteiger partial charge in [-0.05, 0) is 48.4 Å². The first-order valence-electron chi connectivity index (χ1n) is 11.4. The Morgan fingerprint density at radius 3 is 2.39 bits per heavy atom. The molecule has 0 bridgehead atoms. The fourth-order valence-electron chi connectivity index (χ4n) is 3.29. The quantitative estimate of drug-likeness (QED) is 0.224. The van der Waals surface area contributed by atoms with Crippen LogP contribution in [0.2, 0.25) is 10.0 Å². The summed E-state index contributed by atoms with van der Waals surface area (Å²) in [5.74, 6) is 0.220. The molecule has 3 N–H and O–H groups in total. The van der Waals surface area contributed by atoms with E-state index in [1.165, 1.54) is 12.1 Å². The van der Waals surface area contributed by atoms with Crippen LogP contribution >= 0.6 is 23.2 Å². The summed E-state index contributed by atoms with van der Waals surface area (Å²) in [5, 5.41) is 15.2. The van der Waals surface area contributed by atoms with Crippen LogP contribution in [0.5, 0.6) is 5.75 Å². The van der Waals surface area contributed by atoms with Crippen molar-refractivity contribution >= 4 is 40.9 Å². The molecule has 36 heavy (non-hydrogen) atoms. The molecule has 0 unspecified atom stereocenters. The number of carbonyl (C=O) groups excluding carboxylic acids is 2. The van der Waals surface area contributed by atoms with Gasteiger partial charge in [-0.15, -0.1) is 0 Å². The second kappa shape index (κ2) is 14.3. The number of aliphatic hydroxyl groups excluding tert-OH is 1. The second-order valence-electron chi connectivity index (χ2n) is 7.71. The number of benzene rings is 2. The van der Waals surface area contributed by atoms with E-state index in [0.717, 1.165) is 24.3 Å². The fourth-order valence-corrected chi connectivity index (χ4v) is 3.86. The Kier molecular flexibility index (Phi) is 10.8. The maximum absolute atomic E-state index is 12.8. The summed E-state index contributed by atoms with van der Waals surface area (Å²) in [5.41, 5.74) is 0.845. The molecule has 0 aliphatic heterocycles. The van der Waals surface area contributed by atoms with Crippen LogP contribution in [0, 0.1) is 0 Å². The van der Waals surface area contributed by atoms with Crippen molar-refractivity contribution in [2.75, 3.05) is 31.7 Å². The maximum Gasteiger partial charge on any atom is 0.329 e. The fraction of sp³-hybridized carbons (Fsp3) is 0.269. The summed E-state index contributed by atoms with van der Waals surface area (Å²) >= 11 is 12.3. The molecule has 0 aliphatic carbocycles. The lowest BCUT2D eigenvalue weighted by molar-refractivity contribution is -0.146. The Morgan fingerprint density at radius 1 is 0.972 bits per heavy atom. The minimum absolute atomic E-state index is 0.0714. The zero-order chi connectivity index (χ0) is 25.8. The van der Waals surface area contributed by atoms with Crippen molar-refractivity contribution < 1.29 is 24.2 Å². The van der Waals surface area contributed by atoms with Crippen molar-refractivity contribution in [2.45, 2.75) is 18.9 Å². The molecule has 0 radical (unpaired) electrons. The summed E-state index contributed by atoms with van der Waals surface area (Å²) < 4.78 is 10.8. The number of nitrogens with zero attached hydrogens (tertiary/aromatic N) is 1. The Hall–Kier alpha value is -3.33. The largest absolute Gasteiger partial charge is 0.494 e. The summed E-state index contributed by atoms with van der Waals surface area (Å²) in [6.07, 6.45) is 2.68. The van der Waals surface area contributed by atoms with E-state index in [9.17, 15) is 9.59 Å². The topological polar surface area (TPSA) is 110 Å². The predicted molar refractivity (Wildman–Crippen MR) is 139 cm³/mol. The SMILES string of the molecule is O=C(N[C@@H](Cc1ccc(OCCCNc2ccccn2)cc1)C(=O)OCCO)c1c(Cl)cccc1Cl. The number of halogens is 2. The third-order valence-electron chi connectivity index (χ3n) is 5.04. The highest BCUT2D eigenvalue weighted by Gasteiger charge is 2.25. The molecule has 10 heteroatoms. The van der Waals surface area contributed by atoms with Crippen LogP contribution in [0.4, 0.5) is 5.82 Å². The number of aromatic nitrogens is 1. The number of anilines is 1. The third kappa shape index (κ3) is 8.41. The molecule has 0 saturated heterocycles. The van der Waals surface area contributed by atoms with Crippen LogP contribution < -0.4 is 15.4 Å². The number of amides is 1. The van der Waals surface area contributed by atoms with Gasteiger partial charge in [0.05, 0.1) is 28.8 Å². The van der Waals surface area contributed by atoms with E-state index in [1.807, 2.05) is 30.3 Å². The molecule has 3 aromatic rings. The second-order valence-corrected chi connectivity index (χ2v) is 8.52. The van der Waals surface area contributed by atoms with E-state index in [0.29, 0.717) is 12.4 Å². The molecule has 1 aromatic heterocycles. The first-order valence-corrected chi connectivity index (χ1v) is 12.1. The average Bonchev–Trinajstić information content (AvgIpc) is 2.88. The van der Waals surface area contributed by atoms with Gasteiger partial charge in [0.25, 0.3) is 5.91 Å². The molecule has 8 nitrogen and oxygen atoms in total. The number of rotatable bonds is 13. The van der Waals surface area contributed by atoms with Gasteiger partial charge >= 0.3 is 5.97 Å². The highest BCUT2D eigenvalue weighted by molar-refractivity contribution is 6.39. The van der Waals surface area contributed by atoms with Crippen LogP contribution in [0.3, 0.4) is 0 Å². The number of nitrogens with one attached hydrogen (secondary N) is 2. The van der Waals surface area contributed by atoms with E-state index in [-0.39, 0.29) is 35.2 Å². The van der Waals surface area contributed by atoms with Gasteiger partial charge in [0, 0.05) is 19.2 Å². The van der Waals surface area contributed by atoms with E-state index in [4.69, 9.17) is 37.8 Å². The number of ether oxygens (including phenoxy) is 2. The van der Waals surface area contributed by atoms with Gasteiger partial charge in [-0.25, -0.2) is 9.78 Å². The van der Waals surface area contributed by atoms with Crippen molar-refractivity contribution in [3.05, 3.63) is 88.0 Å². The van der Waals surface area contributed by atoms with Gasteiger partial charge in [0.15, 0.2) is 0 Å². The zero-order valence-corrected chi connectivity index (χ0v) is 21.0. The molecule has 1 atom stereocenters. The lowest BCUT2D eigenvalue weighted by Gasteiger charge is -2.19. The first kappa shape index (κ1) is 27.3. The highest BCUT2D eigenvalue weighted by Crippen LogP contribution is 2.24. The number of pyridine rings is 1. The highest BCUT2D eigenvalue weighted by atomic mass is 35.5. The molecular formula is C26H27Cl2N3O5. The van der Waals surface area contributed by atoms with Gasteiger partial charge in [-0.3, -0.25) is 4.79 Å². The molecule has 190 valence electrons. The van der Waals surface area contributed by atoms with Gasteiger partial charge in [0.1, 0.15) is 24.2 Å². The lowest BCUT2D eigenvalue weighted by Crippen LogP contribution is -2.43. The summed E-state index contributed by atoms with van der Waals surface area (Å²) in [6.45, 7) is 0.734. The lowest BCUT2D eigenvalue weighted by atomic mass is 10.0. The van der Waals surface area contributed by atoms with Crippen molar-refractivity contribution in [3.63, 3.8) is 0 Å². The molecular weight excluding hydrogens is 505 g/mol. The molecule has 1 heterocycles. The van der Waals surface area contributed by atoms with E-state index < -0.39 is 17.9 Å². The van der Waals surface area contributed by atoms with E-state index >= 15 is 0 Å². The Balaban J connectivity index is 1.56. The van der Waals surface area contributed by atoms with E-state index in [2.05, 4.69) is 15.6 Å². The van der Waals surface area contributed by atoms with Crippen LogP contribution in [0.15, 0.2) is 66.9 Å². The van der Waals surface area contributed by atoms with Crippen molar-refractivity contribution in [1.82, 2.24) is 10.3 Å². The molecule has 0 aliphatic rings. The van der Waals surface area contributed by atoms with Crippen molar-refractivity contribution in [3.8, 4) is 5.75 Å². The third-order valence-corrected chi connectivity index (χ3v) is 5.67. The van der Waals surface area contributed by atoms with E-state index in [1.54, 1.807) is 24.4 Å². The smallest absolute Gasteiger partial charge is 0.329 e. The summed E-state index contributed by atoms with van der Waals surface area (Å²) in [7, 11) is 0. The Bertz CT molecular complexity index is 1110. The molecule has 0 saturated carbocycles. The predicted octanol–water partition coefficient (Wildman–Crippen LogP) is 4.15. The van der Waals surface area contributed by atoms with Gasteiger partial charge in [-0.1, -0.05) is 47.5 Å². The Labute approximate surface area is 219 Å². The van der Waals surface area contributed by atoms with Crippen molar-refractivity contribution in [2.24, 2.45) is 0 Å². The monoisotopic (exact) mass is 531 g/mol. The van der Waals surface area contributed by atoms with Crippen molar-refractivity contribution in [1.29, 1.82) is 0 Å². The van der Waals surface area contributed by atoms with Crippen LogP contribution in [0.1, 0.15) is 22.3 Å². The van der Waals surface area contributed by atoms with Crippen LogP contribution in [-0.2, 0) is 16.0 Å². The summed E-state index contributed by atoms with van der Waals surface area (Å²) in [4.78, 5) is 29.6. The zero-order valence-electron chi connectivity index (χ0n) is 19.5. The van der Waals surface area contributed by atoms with Gasteiger partial charge in [0.2, 0.25) is 0 Å². The number of hydrogen-bond acceptors (Lipinski definition) is 7. The number of carbonyl (C=O) groups is 2. The molecule has 0 fully saturated rings. The Morgan fingerprint density at radius 2 is 1.72 bits per heavy atom. The first-order chi connectivity index (χ1) is 17.5. The normalized spacial score (nSPS) is 11.4. The maximum atomic E-state index is 12.8. The minimum atomic E-state index is -1.01. The average molecular weight is 532 g/mol. The summed E-state index contributed by atoms with van der Waals surface area (Å²) in [6, 6.07) is 16.6. The molecule has 0 spiro atoms. The molecule has 2 aromatic carbocycles. The van der Waals surface area contributed by atoms with Crippen LogP contribution in [0.25, 0.3) is 0 Å². The number of aliphatic hydroxyl groups is 1. The molecule has 1 amide bonds. The standard InChI is InChI=1S/C26H27Cl2N3O5/c27-20-5-3-6-21(28)24(20)25(33)31-22(26(34)36-16-14-32)17-18-8-10-19(11-9-18)35-15-4-13-30-23-7-1-2-12-29-23/h1-3,5-12,22,32H,4,13-17H2,(H,29,30)(H,31,33)/t22-/m0/s1.